The number of carboxylic acid groups (broad SMARTS) is 1. The van der Waals surface area contributed by atoms with E-state index >= 15 is 0 Å². The van der Waals surface area contributed by atoms with E-state index in [1.54, 1.807) is 11.8 Å². The first kappa shape index (κ1) is 14.8. The highest BCUT2D eigenvalue weighted by atomic mass is 32.2. The number of nitrogens with one attached hydrogen (secondary N) is 1. The third-order valence-electron chi connectivity index (χ3n) is 2.44. The number of pyridine rings is 1. The van der Waals surface area contributed by atoms with Gasteiger partial charge in [-0.1, -0.05) is 6.42 Å². The molecule has 0 radical (unpaired) electrons. The van der Waals surface area contributed by atoms with Gasteiger partial charge in [-0.05, 0) is 30.9 Å². The summed E-state index contributed by atoms with van der Waals surface area (Å²) in [6.45, 7) is 0.599. The standard InChI is InChI=1S/C12H17FN2O2S/c1-18-8-4-2-3-6-14-11-10(13)9(12(16)17)5-7-15-11/h5,7H,2-4,6,8H2,1H3,(H,14,15)(H,16,17). The van der Waals surface area contributed by atoms with Gasteiger partial charge in [-0.2, -0.15) is 11.8 Å². The second kappa shape index (κ2) is 7.92. The van der Waals surface area contributed by atoms with Gasteiger partial charge in [0.1, 0.15) is 5.56 Å². The number of aromatic nitrogens is 1. The van der Waals surface area contributed by atoms with Crippen molar-refractivity contribution in [3.05, 3.63) is 23.6 Å². The van der Waals surface area contributed by atoms with Crippen LogP contribution in [0.2, 0.25) is 0 Å². The topological polar surface area (TPSA) is 62.2 Å². The zero-order valence-electron chi connectivity index (χ0n) is 10.3. The predicted molar refractivity (Wildman–Crippen MR) is 71.9 cm³/mol. The summed E-state index contributed by atoms with van der Waals surface area (Å²) < 4.78 is 13.6. The number of carbonyl (C=O) groups is 1. The van der Waals surface area contributed by atoms with E-state index in [9.17, 15) is 9.18 Å². The molecule has 1 rings (SSSR count). The van der Waals surface area contributed by atoms with Crippen LogP contribution in [0.1, 0.15) is 29.6 Å². The fourth-order valence-corrected chi connectivity index (χ4v) is 1.98. The van der Waals surface area contributed by atoms with Crippen LogP contribution >= 0.6 is 11.8 Å². The minimum absolute atomic E-state index is 0.0137. The lowest BCUT2D eigenvalue weighted by molar-refractivity contribution is 0.0692. The Hall–Kier alpha value is -1.30. The fourth-order valence-electron chi connectivity index (χ4n) is 1.49. The normalized spacial score (nSPS) is 10.3. The van der Waals surface area contributed by atoms with Crippen molar-refractivity contribution in [2.45, 2.75) is 19.3 Å². The van der Waals surface area contributed by atoms with Crippen LogP contribution in [0.4, 0.5) is 10.2 Å². The molecule has 0 atom stereocenters. The Kier molecular flexibility index (Phi) is 6.49. The van der Waals surface area contributed by atoms with E-state index < -0.39 is 11.8 Å². The van der Waals surface area contributed by atoms with Crippen LogP contribution in [0.25, 0.3) is 0 Å². The predicted octanol–water partition coefficient (Wildman–Crippen LogP) is 2.86. The van der Waals surface area contributed by atoms with Crippen molar-refractivity contribution in [3.8, 4) is 0 Å². The molecule has 1 aromatic rings. The molecular weight excluding hydrogens is 255 g/mol. The van der Waals surface area contributed by atoms with Crippen molar-refractivity contribution in [3.63, 3.8) is 0 Å². The second-order valence-corrected chi connectivity index (χ2v) is 4.79. The first-order valence-corrected chi connectivity index (χ1v) is 7.16. The zero-order valence-corrected chi connectivity index (χ0v) is 11.1. The molecule has 0 aliphatic heterocycles. The highest BCUT2D eigenvalue weighted by molar-refractivity contribution is 7.98. The number of rotatable bonds is 8. The number of anilines is 1. The van der Waals surface area contributed by atoms with Crippen molar-refractivity contribution in [2.24, 2.45) is 0 Å². The lowest BCUT2D eigenvalue weighted by atomic mass is 10.2. The summed E-state index contributed by atoms with van der Waals surface area (Å²) in [6.07, 6.45) is 6.47. The van der Waals surface area contributed by atoms with Gasteiger partial charge in [0.2, 0.25) is 0 Å². The molecule has 0 unspecified atom stereocenters. The number of aromatic carboxylic acids is 1. The summed E-state index contributed by atoms with van der Waals surface area (Å²) in [7, 11) is 0. The third-order valence-corrected chi connectivity index (χ3v) is 3.13. The van der Waals surface area contributed by atoms with E-state index in [0.717, 1.165) is 31.1 Å². The molecular formula is C12H17FN2O2S. The van der Waals surface area contributed by atoms with Gasteiger partial charge in [0.05, 0.1) is 0 Å². The van der Waals surface area contributed by atoms with Crippen LogP contribution in [0, 0.1) is 5.82 Å². The smallest absolute Gasteiger partial charge is 0.338 e. The number of unbranched alkanes of at least 4 members (excludes halogenated alkanes) is 2. The van der Waals surface area contributed by atoms with Crippen LogP contribution in [0.3, 0.4) is 0 Å². The van der Waals surface area contributed by atoms with Crippen molar-refractivity contribution in [1.82, 2.24) is 4.98 Å². The minimum atomic E-state index is -1.28. The Labute approximate surface area is 110 Å². The maximum Gasteiger partial charge on any atom is 0.338 e. The number of nitrogens with zero attached hydrogens (tertiary/aromatic N) is 1. The Morgan fingerprint density at radius 3 is 2.94 bits per heavy atom. The van der Waals surface area contributed by atoms with Crippen molar-refractivity contribution >= 4 is 23.5 Å². The summed E-state index contributed by atoms with van der Waals surface area (Å²) in [4.78, 5) is 14.5. The molecule has 18 heavy (non-hydrogen) atoms. The van der Waals surface area contributed by atoms with Crippen molar-refractivity contribution < 1.29 is 14.3 Å². The fraction of sp³-hybridized carbons (Fsp3) is 0.500. The number of thioether (sulfide) groups is 1. The zero-order chi connectivity index (χ0) is 13.4. The maximum atomic E-state index is 13.6. The number of halogens is 1. The largest absolute Gasteiger partial charge is 0.478 e. The van der Waals surface area contributed by atoms with Crippen LogP contribution in [0.5, 0.6) is 0 Å². The molecule has 0 saturated heterocycles. The lowest BCUT2D eigenvalue weighted by Gasteiger charge is -2.07. The molecule has 0 fully saturated rings. The quantitative estimate of drug-likeness (QED) is 0.712. The van der Waals surface area contributed by atoms with Crippen LogP contribution < -0.4 is 5.32 Å². The van der Waals surface area contributed by atoms with Crippen molar-refractivity contribution in [1.29, 1.82) is 0 Å². The first-order valence-electron chi connectivity index (χ1n) is 5.77. The molecule has 1 heterocycles. The lowest BCUT2D eigenvalue weighted by Crippen LogP contribution is -2.09. The van der Waals surface area contributed by atoms with Crippen LogP contribution in [-0.4, -0.2) is 34.6 Å². The Morgan fingerprint density at radius 2 is 2.28 bits per heavy atom. The highest BCUT2D eigenvalue weighted by Crippen LogP contribution is 2.15. The molecule has 0 bridgehead atoms. The third kappa shape index (κ3) is 4.52. The van der Waals surface area contributed by atoms with Gasteiger partial charge in [0, 0.05) is 12.7 Å². The van der Waals surface area contributed by atoms with Gasteiger partial charge in [-0.25, -0.2) is 14.2 Å². The second-order valence-electron chi connectivity index (χ2n) is 3.81. The monoisotopic (exact) mass is 272 g/mol. The first-order chi connectivity index (χ1) is 8.66. The number of hydrogen-bond donors (Lipinski definition) is 2. The summed E-state index contributed by atoms with van der Waals surface area (Å²) in [5, 5.41) is 11.6. The van der Waals surface area contributed by atoms with E-state index in [1.807, 2.05) is 0 Å². The average molecular weight is 272 g/mol. The SMILES string of the molecule is CSCCCCCNc1nccc(C(=O)O)c1F. The molecule has 1 aromatic heterocycles. The van der Waals surface area contributed by atoms with Gasteiger partial charge in [-0.15, -0.1) is 0 Å². The molecule has 2 N–H and O–H groups in total. The molecule has 6 heteroatoms. The van der Waals surface area contributed by atoms with E-state index in [-0.39, 0.29) is 11.4 Å². The van der Waals surface area contributed by atoms with Crippen LogP contribution in [0.15, 0.2) is 12.3 Å². The molecule has 0 saturated carbocycles. The number of hydrogen-bond acceptors (Lipinski definition) is 4. The maximum absolute atomic E-state index is 13.6. The summed E-state index contributed by atoms with van der Waals surface area (Å²) in [5.74, 6) is -0.937. The van der Waals surface area contributed by atoms with E-state index in [4.69, 9.17) is 5.11 Å². The van der Waals surface area contributed by atoms with Gasteiger partial charge in [0.25, 0.3) is 0 Å². The number of carboxylic acids is 1. The molecule has 4 nitrogen and oxygen atoms in total. The van der Waals surface area contributed by atoms with Gasteiger partial charge >= 0.3 is 5.97 Å². The Balaban J connectivity index is 2.43. The van der Waals surface area contributed by atoms with Gasteiger partial charge in [0.15, 0.2) is 11.6 Å². The molecule has 0 aromatic carbocycles. The summed E-state index contributed by atoms with van der Waals surface area (Å²) in [6, 6.07) is 1.15. The van der Waals surface area contributed by atoms with E-state index in [0.29, 0.717) is 6.54 Å². The van der Waals surface area contributed by atoms with Gasteiger partial charge < -0.3 is 10.4 Å². The van der Waals surface area contributed by atoms with Crippen molar-refractivity contribution in [2.75, 3.05) is 23.9 Å². The molecule has 0 aliphatic rings. The Bertz CT molecular complexity index is 402. The average Bonchev–Trinajstić information content (AvgIpc) is 2.35. The molecule has 0 amide bonds. The summed E-state index contributed by atoms with van der Waals surface area (Å²) in [5.41, 5.74) is -0.352. The van der Waals surface area contributed by atoms with Crippen LogP contribution in [-0.2, 0) is 0 Å². The van der Waals surface area contributed by atoms with E-state index in [2.05, 4.69) is 16.6 Å². The molecule has 0 spiro atoms. The highest BCUT2D eigenvalue weighted by Gasteiger charge is 2.14. The van der Waals surface area contributed by atoms with E-state index in [1.165, 1.54) is 6.20 Å². The van der Waals surface area contributed by atoms with Gasteiger partial charge in [-0.3, -0.25) is 0 Å². The molecule has 100 valence electrons. The minimum Gasteiger partial charge on any atom is -0.478 e. The Morgan fingerprint density at radius 1 is 1.50 bits per heavy atom. The summed E-state index contributed by atoms with van der Waals surface area (Å²) >= 11 is 1.81. The molecule has 0 aliphatic carbocycles.